The van der Waals surface area contributed by atoms with Gasteiger partial charge in [0.05, 0.1) is 17.1 Å². The number of hydrogen-bond acceptors (Lipinski definition) is 4. The first-order valence-electron chi connectivity index (χ1n) is 8.09. The van der Waals surface area contributed by atoms with Crippen LogP contribution in [-0.2, 0) is 11.8 Å². The third kappa shape index (κ3) is 3.24. The molecule has 0 fully saturated rings. The molecule has 0 amide bonds. The summed E-state index contributed by atoms with van der Waals surface area (Å²) in [6, 6.07) is 17.1. The summed E-state index contributed by atoms with van der Waals surface area (Å²) in [5.74, 6) is -0.236. The van der Waals surface area contributed by atoms with Crippen molar-refractivity contribution in [2.24, 2.45) is 7.05 Å². The van der Waals surface area contributed by atoms with Crippen LogP contribution in [0.1, 0.15) is 24.2 Å². The summed E-state index contributed by atoms with van der Waals surface area (Å²) in [7, 11) is 1.81. The quantitative estimate of drug-likeness (QED) is 0.716. The Bertz CT molecular complexity index is 951. The maximum atomic E-state index is 12.8. The molecule has 3 rings (SSSR count). The maximum Gasteiger partial charge on any atom is 0.197 e. The highest BCUT2D eigenvalue weighted by Crippen LogP contribution is 2.23. The lowest BCUT2D eigenvalue weighted by molar-refractivity contribution is -0.125. The van der Waals surface area contributed by atoms with E-state index in [-0.39, 0.29) is 5.78 Å². The summed E-state index contributed by atoms with van der Waals surface area (Å²) < 4.78 is 7.50. The van der Waals surface area contributed by atoms with E-state index in [1.54, 1.807) is 11.5 Å². The van der Waals surface area contributed by atoms with Crippen LogP contribution in [0.3, 0.4) is 0 Å². The lowest BCUT2D eigenvalue weighted by atomic mass is 10.0. The van der Waals surface area contributed by atoms with Gasteiger partial charge >= 0.3 is 0 Å². The summed E-state index contributed by atoms with van der Waals surface area (Å²) in [6.07, 6.45) is -0.743. The van der Waals surface area contributed by atoms with Crippen molar-refractivity contribution in [2.75, 3.05) is 0 Å². The third-order valence-corrected chi connectivity index (χ3v) is 4.23. The van der Waals surface area contributed by atoms with Gasteiger partial charge in [-0.15, -0.1) is 0 Å². The molecule has 5 nitrogen and oxygen atoms in total. The van der Waals surface area contributed by atoms with E-state index in [1.807, 2.05) is 62.5 Å². The van der Waals surface area contributed by atoms with Crippen molar-refractivity contribution in [3.05, 3.63) is 59.9 Å². The lowest BCUT2D eigenvalue weighted by Crippen LogP contribution is -2.30. The number of rotatable bonds is 5. The van der Waals surface area contributed by atoms with Crippen LogP contribution in [0.4, 0.5) is 0 Å². The molecule has 0 radical (unpaired) electrons. The minimum Gasteiger partial charge on any atom is -0.483 e. The molecule has 0 bridgehead atoms. The number of aryl methyl sites for hydroxylation is 2. The summed E-state index contributed by atoms with van der Waals surface area (Å²) in [6.45, 7) is 3.64. The fourth-order valence-corrected chi connectivity index (χ4v) is 2.78. The normalized spacial score (nSPS) is 13.2. The first-order valence-corrected chi connectivity index (χ1v) is 8.09. The zero-order valence-electron chi connectivity index (χ0n) is 14.4. The topological polar surface area (TPSA) is 67.9 Å². The molecule has 126 valence electrons. The molecule has 0 aliphatic rings. The number of benzene rings is 2. The number of nitrogens with zero attached hydrogens (tertiary/aromatic N) is 3. The molecule has 0 aliphatic heterocycles. The van der Waals surface area contributed by atoms with Crippen LogP contribution >= 0.6 is 0 Å². The Labute approximate surface area is 146 Å². The molecule has 0 spiro atoms. The average Bonchev–Trinajstić information content (AvgIpc) is 2.94. The molecule has 1 aromatic heterocycles. The molecule has 2 atom stereocenters. The minimum absolute atomic E-state index is 0.304. The summed E-state index contributed by atoms with van der Waals surface area (Å²) in [4.78, 5) is 17.2. The highest BCUT2D eigenvalue weighted by atomic mass is 16.5. The smallest absolute Gasteiger partial charge is 0.197 e. The summed E-state index contributed by atoms with van der Waals surface area (Å²) in [5, 5.41) is 9.57. The SMILES string of the molecule is Cc1ccc(OC(C)C(=O)C(C#N)c2nc3ccccc3n2C)cc1. The standard InChI is InChI=1S/C20H19N3O2/c1-13-8-10-15(11-9-13)25-14(2)19(24)16(12-21)20-22-17-6-4-5-7-18(17)23(20)3/h4-11,14,16H,1-3H3. The Kier molecular flexibility index (Phi) is 4.53. The monoisotopic (exact) mass is 333 g/mol. The van der Waals surface area contributed by atoms with Crippen LogP contribution in [0.25, 0.3) is 11.0 Å². The zero-order chi connectivity index (χ0) is 18.0. The molecule has 25 heavy (non-hydrogen) atoms. The molecule has 2 unspecified atom stereocenters. The summed E-state index contributed by atoms with van der Waals surface area (Å²) in [5.41, 5.74) is 2.76. The number of nitriles is 1. The van der Waals surface area contributed by atoms with Gasteiger partial charge in [0.25, 0.3) is 0 Å². The second kappa shape index (κ2) is 6.78. The third-order valence-electron chi connectivity index (χ3n) is 4.23. The number of para-hydroxylation sites is 2. The van der Waals surface area contributed by atoms with Gasteiger partial charge in [-0.05, 0) is 38.1 Å². The van der Waals surface area contributed by atoms with Crippen LogP contribution in [-0.4, -0.2) is 21.4 Å². The van der Waals surface area contributed by atoms with Crippen LogP contribution in [0.15, 0.2) is 48.5 Å². The Hall–Kier alpha value is -3.13. The lowest BCUT2D eigenvalue weighted by Gasteiger charge is -2.16. The van der Waals surface area contributed by atoms with Crippen LogP contribution in [0.2, 0.25) is 0 Å². The number of ketones is 1. The number of carbonyl (C=O) groups excluding carboxylic acids is 1. The van der Waals surface area contributed by atoms with E-state index in [0.29, 0.717) is 11.6 Å². The number of hydrogen-bond donors (Lipinski definition) is 0. The molecule has 0 saturated carbocycles. The number of carbonyl (C=O) groups is 1. The molecule has 0 N–H and O–H groups in total. The van der Waals surface area contributed by atoms with Gasteiger partial charge in [-0.3, -0.25) is 4.79 Å². The van der Waals surface area contributed by atoms with E-state index in [0.717, 1.165) is 16.6 Å². The molecule has 5 heteroatoms. The zero-order valence-corrected chi connectivity index (χ0v) is 14.4. The fraction of sp³-hybridized carbons (Fsp3) is 0.250. The van der Waals surface area contributed by atoms with Gasteiger partial charge in [0.1, 0.15) is 11.6 Å². The van der Waals surface area contributed by atoms with Crippen molar-refractivity contribution in [2.45, 2.75) is 25.9 Å². The van der Waals surface area contributed by atoms with Crippen LogP contribution in [0.5, 0.6) is 5.75 Å². The number of Topliss-reactive ketones (excluding diaryl/α,β-unsaturated/α-hetero) is 1. The molecule has 1 heterocycles. The van der Waals surface area contributed by atoms with E-state index in [2.05, 4.69) is 11.1 Å². The van der Waals surface area contributed by atoms with Crippen molar-refractivity contribution in [3.63, 3.8) is 0 Å². The minimum atomic E-state index is -0.974. The number of imidazole rings is 1. The summed E-state index contributed by atoms with van der Waals surface area (Å²) >= 11 is 0. The van der Waals surface area contributed by atoms with E-state index < -0.39 is 12.0 Å². The first kappa shape index (κ1) is 16.7. The Morgan fingerprint density at radius 3 is 2.52 bits per heavy atom. The van der Waals surface area contributed by atoms with Gasteiger partial charge < -0.3 is 9.30 Å². The van der Waals surface area contributed by atoms with E-state index in [4.69, 9.17) is 4.74 Å². The Morgan fingerprint density at radius 2 is 1.88 bits per heavy atom. The molecule has 2 aromatic carbocycles. The van der Waals surface area contributed by atoms with Crippen LogP contribution in [0, 0.1) is 18.3 Å². The highest BCUT2D eigenvalue weighted by Gasteiger charge is 2.30. The molecule has 0 aliphatic carbocycles. The van der Waals surface area contributed by atoms with E-state index in [1.165, 1.54) is 0 Å². The largest absolute Gasteiger partial charge is 0.483 e. The van der Waals surface area contributed by atoms with Crippen molar-refractivity contribution in [3.8, 4) is 11.8 Å². The number of ether oxygens (including phenoxy) is 1. The van der Waals surface area contributed by atoms with Crippen LogP contribution < -0.4 is 4.74 Å². The van der Waals surface area contributed by atoms with Gasteiger partial charge in [0, 0.05) is 7.05 Å². The van der Waals surface area contributed by atoms with Gasteiger partial charge in [-0.1, -0.05) is 29.8 Å². The van der Waals surface area contributed by atoms with Crippen molar-refractivity contribution in [1.82, 2.24) is 9.55 Å². The maximum absolute atomic E-state index is 12.8. The van der Waals surface area contributed by atoms with E-state index in [9.17, 15) is 10.1 Å². The molecule has 0 saturated heterocycles. The average molecular weight is 333 g/mol. The highest BCUT2D eigenvalue weighted by molar-refractivity contribution is 5.92. The predicted molar refractivity (Wildman–Crippen MR) is 95.3 cm³/mol. The number of fused-ring (bicyclic) bond motifs is 1. The van der Waals surface area contributed by atoms with Gasteiger partial charge in [-0.2, -0.15) is 5.26 Å². The first-order chi connectivity index (χ1) is 12.0. The van der Waals surface area contributed by atoms with E-state index >= 15 is 0 Å². The second-order valence-electron chi connectivity index (χ2n) is 6.06. The van der Waals surface area contributed by atoms with Gasteiger partial charge in [0.2, 0.25) is 0 Å². The Balaban J connectivity index is 1.86. The fourth-order valence-electron chi connectivity index (χ4n) is 2.78. The number of aromatic nitrogens is 2. The molecule has 3 aromatic rings. The Morgan fingerprint density at radius 1 is 1.20 bits per heavy atom. The second-order valence-corrected chi connectivity index (χ2v) is 6.06. The van der Waals surface area contributed by atoms with Gasteiger partial charge in [-0.25, -0.2) is 4.98 Å². The van der Waals surface area contributed by atoms with Gasteiger partial charge in [0.15, 0.2) is 17.8 Å². The van der Waals surface area contributed by atoms with Crippen molar-refractivity contribution < 1.29 is 9.53 Å². The molecular formula is C20H19N3O2. The predicted octanol–water partition coefficient (Wildman–Crippen LogP) is 3.53. The molecular weight excluding hydrogens is 314 g/mol. The van der Waals surface area contributed by atoms with Crippen molar-refractivity contribution >= 4 is 16.8 Å². The van der Waals surface area contributed by atoms with Crippen molar-refractivity contribution in [1.29, 1.82) is 5.26 Å².